The number of fused-ring (bicyclic) bond motifs is 1. The average Bonchev–Trinajstić information content (AvgIpc) is 2.97. The van der Waals surface area contributed by atoms with Crippen LogP contribution in [0.4, 0.5) is 0 Å². The maximum Gasteiger partial charge on any atom is 0.272 e. The first-order valence-electron chi connectivity index (χ1n) is 9.53. The van der Waals surface area contributed by atoms with Crippen molar-refractivity contribution in [3.8, 4) is 0 Å². The van der Waals surface area contributed by atoms with Crippen LogP contribution in [0.2, 0.25) is 0 Å². The van der Waals surface area contributed by atoms with Crippen LogP contribution in [-0.2, 0) is 4.79 Å². The first kappa shape index (κ1) is 17.9. The Hall–Kier alpha value is -2.47. The predicted molar refractivity (Wildman–Crippen MR) is 104 cm³/mol. The van der Waals surface area contributed by atoms with E-state index in [-0.39, 0.29) is 29.3 Å². The van der Waals surface area contributed by atoms with Gasteiger partial charge in [0, 0.05) is 36.5 Å². The third kappa shape index (κ3) is 3.30. The van der Waals surface area contributed by atoms with Crippen molar-refractivity contribution < 1.29 is 9.59 Å². The molecule has 1 atom stereocenters. The highest BCUT2D eigenvalue weighted by atomic mass is 16.2. The molecule has 6 heteroatoms. The summed E-state index contributed by atoms with van der Waals surface area (Å²) in [6.45, 7) is 6.18. The van der Waals surface area contributed by atoms with Gasteiger partial charge in [0.05, 0.1) is 11.6 Å². The van der Waals surface area contributed by atoms with E-state index < -0.39 is 0 Å². The number of rotatable bonds is 3. The first-order chi connectivity index (χ1) is 12.9. The zero-order valence-corrected chi connectivity index (χ0v) is 16.1. The molecule has 2 amide bonds. The molecule has 2 fully saturated rings. The Kier molecular flexibility index (Phi) is 4.38. The summed E-state index contributed by atoms with van der Waals surface area (Å²) in [7, 11) is 1.99. The van der Waals surface area contributed by atoms with E-state index >= 15 is 0 Å². The number of carbonyl (C=O) groups is 2. The number of benzene rings is 1. The van der Waals surface area contributed by atoms with Crippen molar-refractivity contribution in [3.05, 3.63) is 42.1 Å². The van der Waals surface area contributed by atoms with Gasteiger partial charge >= 0.3 is 0 Å². The molecular weight excluding hydrogens is 340 g/mol. The molecule has 0 saturated carbocycles. The molecule has 1 spiro atoms. The molecule has 2 aliphatic heterocycles. The van der Waals surface area contributed by atoms with E-state index in [1.807, 2.05) is 56.1 Å². The summed E-state index contributed by atoms with van der Waals surface area (Å²) in [4.78, 5) is 33.7. The number of pyridine rings is 1. The summed E-state index contributed by atoms with van der Waals surface area (Å²) in [5, 5.41) is 4.04. The second-order valence-corrected chi connectivity index (χ2v) is 8.35. The Bertz CT molecular complexity index is 889. The molecule has 2 aliphatic rings. The number of nitrogens with zero attached hydrogens (tertiary/aromatic N) is 3. The molecule has 6 nitrogen and oxygen atoms in total. The molecule has 3 heterocycles. The molecule has 0 radical (unpaired) electrons. The van der Waals surface area contributed by atoms with Gasteiger partial charge in [0.25, 0.3) is 5.91 Å². The highest BCUT2D eigenvalue weighted by molar-refractivity contribution is 5.95. The second kappa shape index (κ2) is 6.60. The minimum atomic E-state index is -0.108. The molecule has 27 heavy (non-hydrogen) atoms. The lowest BCUT2D eigenvalue weighted by molar-refractivity contribution is -0.125. The van der Waals surface area contributed by atoms with Crippen LogP contribution in [0.1, 0.15) is 30.8 Å². The highest BCUT2D eigenvalue weighted by Crippen LogP contribution is 2.42. The number of amides is 2. The van der Waals surface area contributed by atoms with Crippen molar-refractivity contribution >= 4 is 22.7 Å². The molecule has 2 aromatic rings. The van der Waals surface area contributed by atoms with E-state index in [1.165, 1.54) is 0 Å². The lowest BCUT2D eigenvalue weighted by Crippen LogP contribution is -2.59. The van der Waals surface area contributed by atoms with Gasteiger partial charge in [-0.2, -0.15) is 0 Å². The summed E-state index contributed by atoms with van der Waals surface area (Å²) >= 11 is 0. The maximum absolute atomic E-state index is 12.8. The summed E-state index contributed by atoms with van der Waals surface area (Å²) in [5.74, 6) is 0.0643. The number of para-hydroxylation sites is 1. The lowest BCUT2D eigenvalue weighted by atomic mass is 9.77. The van der Waals surface area contributed by atoms with Crippen molar-refractivity contribution in [2.75, 3.05) is 26.7 Å². The van der Waals surface area contributed by atoms with Gasteiger partial charge in [0.2, 0.25) is 5.91 Å². The van der Waals surface area contributed by atoms with Crippen molar-refractivity contribution in [2.45, 2.75) is 32.4 Å². The number of carbonyl (C=O) groups excluding carboxylic acids is 2. The molecule has 0 bridgehead atoms. The van der Waals surface area contributed by atoms with Gasteiger partial charge in [-0.1, -0.05) is 24.3 Å². The van der Waals surface area contributed by atoms with E-state index in [2.05, 4.69) is 15.2 Å². The molecule has 142 valence electrons. The summed E-state index contributed by atoms with van der Waals surface area (Å²) in [6, 6.07) is 11.6. The Balaban J connectivity index is 1.42. The lowest BCUT2D eigenvalue weighted by Gasteiger charge is -2.47. The molecule has 2 saturated heterocycles. The number of hydrogen-bond acceptors (Lipinski definition) is 4. The van der Waals surface area contributed by atoms with E-state index in [0.29, 0.717) is 18.8 Å². The van der Waals surface area contributed by atoms with Gasteiger partial charge in [0.1, 0.15) is 5.69 Å². The summed E-state index contributed by atoms with van der Waals surface area (Å²) in [6.07, 6.45) is 0.803. The zero-order valence-electron chi connectivity index (χ0n) is 16.1. The number of aromatic nitrogens is 1. The Labute approximate surface area is 159 Å². The van der Waals surface area contributed by atoms with Crippen molar-refractivity contribution in [1.29, 1.82) is 0 Å². The highest BCUT2D eigenvalue weighted by Gasteiger charge is 2.53. The van der Waals surface area contributed by atoms with Crippen LogP contribution < -0.4 is 5.32 Å². The summed E-state index contributed by atoms with van der Waals surface area (Å²) < 4.78 is 0. The van der Waals surface area contributed by atoms with Crippen LogP contribution in [0.25, 0.3) is 10.9 Å². The molecule has 4 rings (SSSR count). The van der Waals surface area contributed by atoms with Gasteiger partial charge in [-0.25, -0.2) is 4.98 Å². The third-order valence-electron chi connectivity index (χ3n) is 5.63. The van der Waals surface area contributed by atoms with Crippen LogP contribution >= 0.6 is 0 Å². The van der Waals surface area contributed by atoms with E-state index in [1.54, 1.807) is 6.07 Å². The normalized spacial score (nSPS) is 21.6. The molecule has 0 aliphatic carbocycles. The maximum atomic E-state index is 12.8. The quantitative estimate of drug-likeness (QED) is 0.901. The number of likely N-dealkylation sites (tertiary alicyclic amines) is 2. The standard InChI is InChI=1S/C21H26N4O2/c1-14(2)22-19(26)18-10-21(11-24(18)3)12-25(13-21)20(27)17-9-8-15-6-4-5-7-16(15)23-17/h4-9,14,18H,10-13H2,1-3H3,(H,22,26). The number of likely N-dealkylation sites (N-methyl/N-ethyl adjacent to an activating group) is 1. The van der Waals surface area contributed by atoms with Crippen molar-refractivity contribution in [1.82, 2.24) is 20.1 Å². The summed E-state index contributed by atoms with van der Waals surface area (Å²) in [5.41, 5.74) is 1.36. The third-order valence-corrected chi connectivity index (χ3v) is 5.63. The smallest absolute Gasteiger partial charge is 0.272 e. The van der Waals surface area contributed by atoms with Crippen LogP contribution in [0.5, 0.6) is 0 Å². The Morgan fingerprint density at radius 1 is 1.15 bits per heavy atom. The second-order valence-electron chi connectivity index (χ2n) is 8.35. The van der Waals surface area contributed by atoms with Crippen LogP contribution in [0, 0.1) is 5.41 Å². The predicted octanol–water partition coefficient (Wildman–Crippen LogP) is 1.91. The average molecular weight is 366 g/mol. The number of hydrogen-bond donors (Lipinski definition) is 1. The van der Waals surface area contributed by atoms with Crippen LogP contribution in [-0.4, -0.2) is 65.4 Å². The number of nitrogens with one attached hydrogen (secondary N) is 1. The largest absolute Gasteiger partial charge is 0.353 e. The molecule has 1 unspecified atom stereocenters. The SMILES string of the molecule is CC(C)NC(=O)C1CC2(CN(C(=O)c3ccc4ccccc4n3)C2)CN1C. The van der Waals surface area contributed by atoms with Gasteiger partial charge in [-0.05, 0) is 39.4 Å². The Morgan fingerprint density at radius 2 is 1.89 bits per heavy atom. The molecular formula is C21H26N4O2. The zero-order chi connectivity index (χ0) is 19.2. The van der Waals surface area contributed by atoms with Crippen LogP contribution in [0.15, 0.2) is 36.4 Å². The van der Waals surface area contributed by atoms with Gasteiger partial charge in [-0.15, -0.1) is 0 Å². The van der Waals surface area contributed by atoms with Crippen molar-refractivity contribution in [3.63, 3.8) is 0 Å². The van der Waals surface area contributed by atoms with Gasteiger partial charge in [0.15, 0.2) is 0 Å². The Morgan fingerprint density at radius 3 is 2.63 bits per heavy atom. The fraction of sp³-hybridized carbons (Fsp3) is 0.476. The minimum Gasteiger partial charge on any atom is -0.353 e. The molecule has 1 aromatic heterocycles. The van der Waals surface area contributed by atoms with Gasteiger partial charge < -0.3 is 10.2 Å². The van der Waals surface area contributed by atoms with E-state index in [4.69, 9.17) is 0 Å². The fourth-order valence-electron chi connectivity index (χ4n) is 4.43. The monoisotopic (exact) mass is 366 g/mol. The van der Waals surface area contributed by atoms with Crippen LogP contribution in [0.3, 0.4) is 0 Å². The topological polar surface area (TPSA) is 65.5 Å². The fourth-order valence-corrected chi connectivity index (χ4v) is 4.43. The molecule has 1 N–H and O–H groups in total. The molecule has 1 aromatic carbocycles. The van der Waals surface area contributed by atoms with E-state index in [0.717, 1.165) is 23.9 Å². The van der Waals surface area contributed by atoms with E-state index in [9.17, 15) is 9.59 Å². The van der Waals surface area contributed by atoms with Crippen molar-refractivity contribution in [2.24, 2.45) is 5.41 Å². The van der Waals surface area contributed by atoms with Gasteiger partial charge in [-0.3, -0.25) is 14.5 Å². The first-order valence-corrected chi connectivity index (χ1v) is 9.53. The minimum absolute atomic E-state index is 0.0240.